The molecule has 4 rings (SSSR count). The van der Waals surface area contributed by atoms with Crippen LogP contribution >= 0.6 is 0 Å². The summed E-state index contributed by atoms with van der Waals surface area (Å²) in [6.45, 7) is 5.78. The van der Waals surface area contributed by atoms with Gasteiger partial charge < -0.3 is 14.3 Å². The fourth-order valence-corrected chi connectivity index (χ4v) is 3.47. The molecule has 2 aromatic heterocycles. The Bertz CT molecular complexity index is 913. The zero-order chi connectivity index (χ0) is 18.6. The largest absolute Gasteiger partial charge is 0.465 e. The lowest BCUT2D eigenvalue weighted by molar-refractivity contribution is 0.0940. The van der Waals surface area contributed by atoms with Crippen molar-refractivity contribution in [2.45, 2.75) is 33.0 Å². The molecular weight excluding hydrogens is 340 g/mol. The average molecular weight is 364 g/mol. The zero-order valence-corrected chi connectivity index (χ0v) is 15.5. The molecule has 1 aromatic carbocycles. The van der Waals surface area contributed by atoms with E-state index in [4.69, 9.17) is 4.42 Å². The molecule has 0 fully saturated rings. The first-order valence-corrected chi connectivity index (χ1v) is 9.33. The van der Waals surface area contributed by atoms with E-state index in [0.29, 0.717) is 12.2 Å². The second-order valence-electron chi connectivity index (χ2n) is 6.92. The maximum absolute atomic E-state index is 12.6. The summed E-state index contributed by atoms with van der Waals surface area (Å²) in [5, 5.41) is 3.00. The lowest BCUT2D eigenvalue weighted by Gasteiger charge is -2.18. The Morgan fingerprint density at radius 1 is 1.15 bits per heavy atom. The van der Waals surface area contributed by atoms with Crippen LogP contribution in [0.5, 0.6) is 0 Å². The van der Waals surface area contributed by atoms with Gasteiger partial charge in [-0.1, -0.05) is 30.3 Å². The second-order valence-corrected chi connectivity index (χ2v) is 6.92. The van der Waals surface area contributed by atoms with E-state index in [1.54, 1.807) is 6.20 Å². The van der Waals surface area contributed by atoms with E-state index in [9.17, 15) is 4.79 Å². The van der Waals surface area contributed by atoms with E-state index in [1.165, 1.54) is 0 Å². The van der Waals surface area contributed by atoms with Crippen molar-refractivity contribution in [1.82, 2.24) is 19.8 Å². The first-order valence-electron chi connectivity index (χ1n) is 9.33. The summed E-state index contributed by atoms with van der Waals surface area (Å²) >= 11 is 0. The maximum atomic E-state index is 12.6. The molecule has 3 aromatic rings. The number of nitrogens with zero attached hydrogens (tertiary/aromatic N) is 3. The molecule has 6 nitrogen and oxygen atoms in total. The second kappa shape index (κ2) is 7.80. The molecule has 0 atom stereocenters. The minimum atomic E-state index is -0.0762. The van der Waals surface area contributed by atoms with Gasteiger partial charge in [0, 0.05) is 32.6 Å². The van der Waals surface area contributed by atoms with Gasteiger partial charge in [-0.25, -0.2) is 4.98 Å². The molecule has 27 heavy (non-hydrogen) atoms. The minimum Gasteiger partial charge on any atom is -0.465 e. The molecule has 0 spiro atoms. The number of aromatic nitrogens is 2. The third kappa shape index (κ3) is 4.11. The molecule has 0 aliphatic carbocycles. The van der Waals surface area contributed by atoms with E-state index in [-0.39, 0.29) is 5.91 Å². The Labute approximate surface area is 158 Å². The normalized spacial score (nSPS) is 14.6. The van der Waals surface area contributed by atoms with Crippen molar-refractivity contribution in [3.05, 3.63) is 77.3 Å². The predicted molar refractivity (Wildman–Crippen MR) is 102 cm³/mol. The van der Waals surface area contributed by atoms with Crippen LogP contribution < -0.4 is 5.32 Å². The van der Waals surface area contributed by atoms with Gasteiger partial charge in [0.25, 0.3) is 5.91 Å². The van der Waals surface area contributed by atoms with Crippen LogP contribution in [0.15, 0.2) is 53.1 Å². The fraction of sp³-hybridized carbons (Fsp3) is 0.333. The Balaban J connectivity index is 1.39. The number of hydrogen-bond donors (Lipinski definition) is 1. The number of aryl methyl sites for hydroxylation is 1. The van der Waals surface area contributed by atoms with Gasteiger partial charge in [-0.15, -0.1) is 0 Å². The summed E-state index contributed by atoms with van der Waals surface area (Å²) in [5.74, 6) is 2.81. The van der Waals surface area contributed by atoms with Gasteiger partial charge in [-0.3, -0.25) is 9.69 Å². The van der Waals surface area contributed by atoms with Gasteiger partial charge in [0.2, 0.25) is 0 Å². The van der Waals surface area contributed by atoms with Gasteiger partial charge >= 0.3 is 0 Å². The van der Waals surface area contributed by atoms with Crippen LogP contribution in [-0.2, 0) is 26.1 Å². The van der Waals surface area contributed by atoms with Crippen LogP contribution in [0.3, 0.4) is 0 Å². The fourth-order valence-electron chi connectivity index (χ4n) is 3.47. The summed E-state index contributed by atoms with van der Waals surface area (Å²) in [4.78, 5) is 19.5. The lowest BCUT2D eigenvalue weighted by atomic mass is 10.2. The number of carbonyl (C=O) groups is 1. The molecule has 1 aliphatic rings. The van der Waals surface area contributed by atoms with Crippen molar-refractivity contribution in [2.75, 3.05) is 13.1 Å². The molecule has 0 saturated carbocycles. The SMILES string of the molecule is Cc1ccc(CN2CCc3ncc(C(=O)NCc4ccccc4)n3CC2)o1. The number of carbonyl (C=O) groups excluding carboxylic acids is 1. The molecule has 140 valence electrons. The third-order valence-electron chi connectivity index (χ3n) is 4.93. The summed E-state index contributed by atoms with van der Waals surface area (Å²) < 4.78 is 7.74. The van der Waals surface area contributed by atoms with Gasteiger partial charge in [-0.2, -0.15) is 0 Å². The van der Waals surface area contributed by atoms with Crippen molar-refractivity contribution in [1.29, 1.82) is 0 Å². The highest BCUT2D eigenvalue weighted by Crippen LogP contribution is 2.15. The van der Waals surface area contributed by atoms with Crippen molar-refractivity contribution in [3.8, 4) is 0 Å². The highest BCUT2D eigenvalue weighted by Gasteiger charge is 2.21. The molecule has 6 heteroatoms. The number of hydrogen-bond acceptors (Lipinski definition) is 4. The quantitative estimate of drug-likeness (QED) is 0.756. The Morgan fingerprint density at radius 2 is 2.00 bits per heavy atom. The van der Waals surface area contributed by atoms with Crippen LogP contribution in [0.25, 0.3) is 0 Å². The molecule has 1 aliphatic heterocycles. The van der Waals surface area contributed by atoms with Crippen LogP contribution in [0.1, 0.15) is 33.4 Å². The molecule has 3 heterocycles. The number of imidazole rings is 1. The summed E-state index contributed by atoms with van der Waals surface area (Å²) in [5.41, 5.74) is 1.72. The van der Waals surface area contributed by atoms with E-state index >= 15 is 0 Å². The van der Waals surface area contributed by atoms with E-state index in [2.05, 4.69) is 15.2 Å². The van der Waals surface area contributed by atoms with Crippen LogP contribution in [0, 0.1) is 6.92 Å². The lowest BCUT2D eigenvalue weighted by Crippen LogP contribution is -2.28. The molecule has 0 unspecified atom stereocenters. The molecule has 1 N–H and O–H groups in total. The highest BCUT2D eigenvalue weighted by atomic mass is 16.3. The molecule has 1 amide bonds. The number of amides is 1. The third-order valence-corrected chi connectivity index (χ3v) is 4.93. The smallest absolute Gasteiger partial charge is 0.269 e. The van der Waals surface area contributed by atoms with Gasteiger partial charge in [0.1, 0.15) is 23.0 Å². The number of furan rings is 1. The Hall–Kier alpha value is -2.86. The van der Waals surface area contributed by atoms with Crippen LogP contribution in [0.4, 0.5) is 0 Å². The molecule has 0 radical (unpaired) electrons. The van der Waals surface area contributed by atoms with Crippen molar-refractivity contribution in [2.24, 2.45) is 0 Å². The zero-order valence-electron chi connectivity index (χ0n) is 15.5. The Morgan fingerprint density at radius 3 is 2.78 bits per heavy atom. The van der Waals surface area contributed by atoms with Gasteiger partial charge in [-0.05, 0) is 24.6 Å². The number of benzene rings is 1. The van der Waals surface area contributed by atoms with E-state index in [0.717, 1.165) is 55.5 Å². The summed E-state index contributed by atoms with van der Waals surface area (Å²) in [6.07, 6.45) is 2.52. The molecular formula is C21H24N4O2. The van der Waals surface area contributed by atoms with Gasteiger partial charge in [0.05, 0.1) is 12.7 Å². The standard InChI is InChI=1S/C21H24N4O2/c1-16-7-8-18(27-16)15-24-10-9-20-22-14-19(25(20)12-11-24)21(26)23-13-17-5-3-2-4-6-17/h2-8,14H,9-13,15H2,1H3,(H,23,26). The molecule has 0 saturated heterocycles. The predicted octanol–water partition coefficient (Wildman–Crippen LogP) is 2.77. The summed E-state index contributed by atoms with van der Waals surface area (Å²) in [7, 11) is 0. The van der Waals surface area contributed by atoms with E-state index < -0.39 is 0 Å². The van der Waals surface area contributed by atoms with Crippen LogP contribution in [-0.4, -0.2) is 33.4 Å². The van der Waals surface area contributed by atoms with Crippen molar-refractivity contribution < 1.29 is 9.21 Å². The minimum absolute atomic E-state index is 0.0762. The van der Waals surface area contributed by atoms with E-state index in [1.807, 2.05) is 54.0 Å². The van der Waals surface area contributed by atoms with Crippen molar-refractivity contribution in [3.63, 3.8) is 0 Å². The highest BCUT2D eigenvalue weighted by molar-refractivity contribution is 5.92. The summed E-state index contributed by atoms with van der Waals surface area (Å²) in [6, 6.07) is 14.0. The number of fused-ring (bicyclic) bond motifs is 1. The molecule has 0 bridgehead atoms. The monoisotopic (exact) mass is 364 g/mol. The topological polar surface area (TPSA) is 63.3 Å². The first kappa shape index (κ1) is 17.5. The Kier molecular flexibility index (Phi) is 5.07. The number of rotatable bonds is 5. The first-order chi connectivity index (χ1) is 13.2. The maximum Gasteiger partial charge on any atom is 0.269 e. The average Bonchev–Trinajstić information content (AvgIpc) is 3.23. The van der Waals surface area contributed by atoms with Gasteiger partial charge in [0.15, 0.2) is 0 Å². The van der Waals surface area contributed by atoms with Crippen LogP contribution in [0.2, 0.25) is 0 Å². The van der Waals surface area contributed by atoms with Crippen molar-refractivity contribution >= 4 is 5.91 Å². The number of nitrogens with one attached hydrogen (secondary N) is 1.